The van der Waals surface area contributed by atoms with Gasteiger partial charge in [0.25, 0.3) is 0 Å². The Bertz CT molecular complexity index is 677. The van der Waals surface area contributed by atoms with E-state index in [-0.39, 0.29) is 0 Å². The van der Waals surface area contributed by atoms with Crippen LogP contribution >= 0.6 is 0 Å². The molecule has 0 aliphatic heterocycles. The summed E-state index contributed by atoms with van der Waals surface area (Å²) in [7, 11) is 0. The summed E-state index contributed by atoms with van der Waals surface area (Å²) in [4.78, 5) is 11.1. The summed E-state index contributed by atoms with van der Waals surface area (Å²) < 4.78 is 0. The van der Waals surface area contributed by atoms with Crippen molar-refractivity contribution in [2.75, 3.05) is 0 Å². The van der Waals surface area contributed by atoms with E-state index in [2.05, 4.69) is 36.5 Å². The minimum atomic E-state index is -0.875. The van der Waals surface area contributed by atoms with Crippen molar-refractivity contribution in [2.45, 2.75) is 32.4 Å². The zero-order valence-electron chi connectivity index (χ0n) is 12.8. The molecule has 0 bridgehead atoms. The lowest BCUT2D eigenvalue weighted by Gasteiger charge is -2.21. The monoisotopic (exact) mass is 295 g/mol. The van der Waals surface area contributed by atoms with Gasteiger partial charge in [-0.3, -0.25) is 0 Å². The second-order valence-electron chi connectivity index (χ2n) is 6.06. The van der Waals surface area contributed by atoms with E-state index in [1.54, 1.807) is 18.2 Å². The Morgan fingerprint density at radius 3 is 2.68 bits per heavy atom. The number of hydrogen-bond donors (Lipinski definition) is 2. The van der Waals surface area contributed by atoms with E-state index in [4.69, 9.17) is 5.11 Å². The molecule has 0 radical (unpaired) electrons. The molecule has 0 spiro atoms. The maximum absolute atomic E-state index is 11.1. The molecule has 1 atom stereocenters. The zero-order chi connectivity index (χ0) is 15.5. The Morgan fingerprint density at radius 2 is 2.00 bits per heavy atom. The Balaban J connectivity index is 1.74. The molecule has 0 aromatic heterocycles. The Hall–Kier alpha value is -2.13. The fourth-order valence-corrected chi connectivity index (χ4v) is 2.94. The maximum atomic E-state index is 11.1. The van der Waals surface area contributed by atoms with Crippen LogP contribution in [0.5, 0.6) is 0 Å². The second kappa shape index (κ2) is 6.32. The third-order valence-corrected chi connectivity index (χ3v) is 4.32. The summed E-state index contributed by atoms with van der Waals surface area (Å²) in [6.45, 7) is 2.84. The van der Waals surface area contributed by atoms with Gasteiger partial charge in [0, 0.05) is 12.6 Å². The molecule has 3 rings (SSSR count). The Morgan fingerprint density at radius 1 is 1.23 bits per heavy atom. The molecule has 1 fully saturated rings. The summed E-state index contributed by atoms with van der Waals surface area (Å²) in [6, 6.07) is 16.0. The first-order chi connectivity index (χ1) is 10.6. The number of carbonyl (C=O) groups is 1. The van der Waals surface area contributed by atoms with Gasteiger partial charge >= 0.3 is 5.97 Å². The second-order valence-corrected chi connectivity index (χ2v) is 6.06. The van der Waals surface area contributed by atoms with Crippen LogP contribution in [0.15, 0.2) is 48.5 Å². The van der Waals surface area contributed by atoms with Crippen LogP contribution in [0.2, 0.25) is 0 Å². The first kappa shape index (κ1) is 14.8. The molecule has 0 saturated heterocycles. The van der Waals surface area contributed by atoms with Crippen molar-refractivity contribution in [2.24, 2.45) is 5.92 Å². The van der Waals surface area contributed by atoms with Gasteiger partial charge in [-0.2, -0.15) is 0 Å². The largest absolute Gasteiger partial charge is 0.478 e. The van der Waals surface area contributed by atoms with Gasteiger partial charge in [0.1, 0.15) is 0 Å². The molecule has 1 saturated carbocycles. The summed E-state index contributed by atoms with van der Waals surface area (Å²) in [5, 5.41) is 12.7. The lowest BCUT2D eigenvalue weighted by Crippen LogP contribution is -2.23. The highest BCUT2D eigenvalue weighted by molar-refractivity contribution is 5.87. The van der Waals surface area contributed by atoms with Crippen LogP contribution in [0, 0.1) is 12.8 Å². The van der Waals surface area contributed by atoms with E-state index < -0.39 is 5.97 Å². The molecule has 2 N–H and O–H groups in total. The number of benzene rings is 2. The topological polar surface area (TPSA) is 49.3 Å². The van der Waals surface area contributed by atoms with E-state index in [1.807, 2.05) is 6.07 Å². The standard InChI is InChI=1S/C19H21NO2/c1-13-5-2-3-8-17(13)18(15-9-10-15)20-12-14-6-4-7-16(11-14)19(21)22/h2-8,11,15,18,20H,9-10,12H2,1H3,(H,21,22). The van der Waals surface area contributed by atoms with Gasteiger partial charge in [-0.15, -0.1) is 0 Å². The van der Waals surface area contributed by atoms with Crippen LogP contribution in [-0.4, -0.2) is 11.1 Å². The third-order valence-electron chi connectivity index (χ3n) is 4.32. The van der Waals surface area contributed by atoms with Crippen molar-refractivity contribution in [1.29, 1.82) is 0 Å². The van der Waals surface area contributed by atoms with Gasteiger partial charge in [0.15, 0.2) is 0 Å². The van der Waals surface area contributed by atoms with Crippen LogP contribution in [0.25, 0.3) is 0 Å². The van der Waals surface area contributed by atoms with Crippen molar-refractivity contribution >= 4 is 5.97 Å². The average Bonchev–Trinajstić information content (AvgIpc) is 3.34. The average molecular weight is 295 g/mol. The number of aryl methyl sites for hydroxylation is 1. The predicted molar refractivity (Wildman–Crippen MR) is 86.9 cm³/mol. The molecule has 2 aromatic rings. The molecule has 1 unspecified atom stereocenters. The quantitative estimate of drug-likeness (QED) is 0.849. The van der Waals surface area contributed by atoms with Crippen molar-refractivity contribution in [1.82, 2.24) is 5.32 Å². The minimum absolute atomic E-state index is 0.346. The number of hydrogen-bond acceptors (Lipinski definition) is 2. The number of nitrogens with one attached hydrogen (secondary N) is 1. The fourth-order valence-electron chi connectivity index (χ4n) is 2.94. The van der Waals surface area contributed by atoms with E-state index >= 15 is 0 Å². The first-order valence-corrected chi connectivity index (χ1v) is 7.76. The Kier molecular flexibility index (Phi) is 4.25. The summed E-state index contributed by atoms with van der Waals surface area (Å²) in [5.74, 6) is -0.178. The number of rotatable bonds is 6. The van der Waals surface area contributed by atoms with Crippen molar-refractivity contribution in [3.05, 3.63) is 70.8 Å². The van der Waals surface area contributed by atoms with Gasteiger partial charge in [0.05, 0.1) is 5.56 Å². The van der Waals surface area contributed by atoms with Crippen LogP contribution in [-0.2, 0) is 6.54 Å². The van der Waals surface area contributed by atoms with Gasteiger partial charge in [0.2, 0.25) is 0 Å². The van der Waals surface area contributed by atoms with Crippen LogP contribution in [0.4, 0.5) is 0 Å². The lowest BCUT2D eigenvalue weighted by atomic mass is 9.97. The summed E-state index contributed by atoms with van der Waals surface area (Å²) >= 11 is 0. The van der Waals surface area contributed by atoms with Crippen LogP contribution in [0.1, 0.15) is 45.9 Å². The molecule has 22 heavy (non-hydrogen) atoms. The lowest BCUT2D eigenvalue weighted by molar-refractivity contribution is 0.0696. The molecule has 0 amide bonds. The number of carboxylic acids is 1. The fraction of sp³-hybridized carbons (Fsp3) is 0.316. The maximum Gasteiger partial charge on any atom is 0.335 e. The van der Waals surface area contributed by atoms with Crippen LogP contribution in [0.3, 0.4) is 0 Å². The van der Waals surface area contributed by atoms with Gasteiger partial charge in [-0.25, -0.2) is 4.79 Å². The summed E-state index contributed by atoms with van der Waals surface area (Å²) in [5.41, 5.74) is 4.03. The van der Waals surface area contributed by atoms with Gasteiger partial charge in [-0.1, -0.05) is 36.4 Å². The highest BCUT2D eigenvalue weighted by Crippen LogP contribution is 2.42. The molecule has 114 valence electrons. The van der Waals surface area contributed by atoms with Crippen molar-refractivity contribution < 1.29 is 9.90 Å². The van der Waals surface area contributed by atoms with Crippen molar-refractivity contribution in [3.8, 4) is 0 Å². The molecule has 1 aliphatic rings. The molecular formula is C19H21NO2. The number of carboxylic acid groups (broad SMARTS) is 1. The molecule has 2 aromatic carbocycles. The predicted octanol–water partition coefficient (Wildman–Crippen LogP) is 3.93. The van der Waals surface area contributed by atoms with E-state index in [0.717, 1.165) is 5.56 Å². The van der Waals surface area contributed by atoms with Gasteiger partial charge < -0.3 is 10.4 Å². The number of aromatic carboxylic acids is 1. The zero-order valence-corrected chi connectivity index (χ0v) is 12.8. The Labute approximate surface area is 131 Å². The molecular weight excluding hydrogens is 274 g/mol. The molecule has 3 heteroatoms. The van der Waals surface area contributed by atoms with E-state index in [0.29, 0.717) is 24.1 Å². The first-order valence-electron chi connectivity index (χ1n) is 7.76. The SMILES string of the molecule is Cc1ccccc1C(NCc1cccc(C(=O)O)c1)C1CC1. The molecule has 1 aliphatic carbocycles. The van der Waals surface area contributed by atoms with E-state index in [1.165, 1.54) is 24.0 Å². The molecule has 0 heterocycles. The normalized spacial score (nSPS) is 15.5. The minimum Gasteiger partial charge on any atom is -0.478 e. The summed E-state index contributed by atoms with van der Waals surface area (Å²) in [6.07, 6.45) is 2.53. The molecule has 3 nitrogen and oxygen atoms in total. The smallest absolute Gasteiger partial charge is 0.335 e. The van der Waals surface area contributed by atoms with E-state index in [9.17, 15) is 4.79 Å². The van der Waals surface area contributed by atoms with Crippen LogP contribution < -0.4 is 5.32 Å². The van der Waals surface area contributed by atoms with Gasteiger partial charge in [-0.05, 0) is 54.5 Å². The van der Waals surface area contributed by atoms with Crippen molar-refractivity contribution in [3.63, 3.8) is 0 Å². The third kappa shape index (κ3) is 3.37. The highest BCUT2D eigenvalue weighted by atomic mass is 16.4. The highest BCUT2D eigenvalue weighted by Gasteiger charge is 2.32.